The van der Waals surface area contributed by atoms with Crippen LogP contribution in [0.1, 0.15) is 47.8 Å². The van der Waals surface area contributed by atoms with Crippen LogP contribution in [0.4, 0.5) is 5.69 Å². The summed E-state index contributed by atoms with van der Waals surface area (Å²) in [6.45, 7) is 5.89. The van der Waals surface area contributed by atoms with Crippen LogP contribution in [0.2, 0.25) is 0 Å². The third-order valence-electron chi connectivity index (χ3n) is 7.15. The van der Waals surface area contributed by atoms with Crippen molar-refractivity contribution in [2.75, 3.05) is 58.3 Å². The predicted molar refractivity (Wildman–Crippen MR) is 134 cm³/mol. The molecule has 1 aliphatic carbocycles. The standard InChI is InChI=1S/C26H34N6O2/c1-29(2)12-7-13-30-14-16-31(17-15-30)22-18-21(26(33)34)27-25-23(22)24(19-8-6-9-19)28-32(25)20-10-4-3-5-11-20/h3-5,10-11,18-19H,6-9,12-17H2,1-2H3,(H,33,34). The largest absolute Gasteiger partial charge is 0.477 e. The summed E-state index contributed by atoms with van der Waals surface area (Å²) in [5, 5.41) is 15.9. The van der Waals surface area contributed by atoms with Gasteiger partial charge in [-0.15, -0.1) is 0 Å². The molecule has 8 heteroatoms. The number of hydrogen-bond donors (Lipinski definition) is 1. The van der Waals surface area contributed by atoms with Crippen molar-refractivity contribution in [3.05, 3.63) is 47.8 Å². The monoisotopic (exact) mass is 462 g/mol. The van der Waals surface area contributed by atoms with Crippen LogP contribution < -0.4 is 4.90 Å². The van der Waals surface area contributed by atoms with Crippen LogP contribution in [0.3, 0.4) is 0 Å². The zero-order valence-corrected chi connectivity index (χ0v) is 20.2. The number of aromatic nitrogens is 3. The highest BCUT2D eigenvalue weighted by Gasteiger charge is 2.31. The topological polar surface area (TPSA) is 77.7 Å². The molecule has 2 aromatic heterocycles. The van der Waals surface area contributed by atoms with Gasteiger partial charge in [0.1, 0.15) is 0 Å². The zero-order valence-electron chi connectivity index (χ0n) is 20.2. The summed E-state index contributed by atoms with van der Waals surface area (Å²) in [6, 6.07) is 11.7. The first kappa shape index (κ1) is 22.8. The maximum absolute atomic E-state index is 12.0. The van der Waals surface area contributed by atoms with Crippen LogP contribution in [0.15, 0.2) is 36.4 Å². The first-order chi connectivity index (χ1) is 16.5. The van der Waals surface area contributed by atoms with Gasteiger partial charge in [-0.05, 0) is 64.6 Å². The maximum Gasteiger partial charge on any atom is 0.354 e. The van der Waals surface area contributed by atoms with Gasteiger partial charge in [-0.3, -0.25) is 4.90 Å². The minimum atomic E-state index is -1.00. The Kier molecular flexibility index (Phi) is 6.52. The van der Waals surface area contributed by atoms with Gasteiger partial charge in [-0.2, -0.15) is 5.10 Å². The first-order valence-electron chi connectivity index (χ1n) is 12.4. The van der Waals surface area contributed by atoms with Gasteiger partial charge in [0.15, 0.2) is 11.3 Å². The molecule has 2 aliphatic rings. The van der Waals surface area contributed by atoms with Crippen LogP contribution in [0.5, 0.6) is 0 Å². The molecule has 5 rings (SSSR count). The van der Waals surface area contributed by atoms with Gasteiger partial charge in [-0.25, -0.2) is 14.5 Å². The van der Waals surface area contributed by atoms with Gasteiger partial charge in [0.2, 0.25) is 0 Å². The number of hydrogen-bond acceptors (Lipinski definition) is 6. The van der Waals surface area contributed by atoms with E-state index in [2.05, 4.69) is 33.8 Å². The number of anilines is 1. The zero-order chi connectivity index (χ0) is 23.7. The Bertz CT molecular complexity index is 1150. The summed E-state index contributed by atoms with van der Waals surface area (Å²) in [4.78, 5) is 23.7. The minimum Gasteiger partial charge on any atom is -0.477 e. The molecule has 0 bridgehead atoms. The minimum absolute atomic E-state index is 0.0770. The van der Waals surface area contributed by atoms with E-state index in [1.165, 1.54) is 6.42 Å². The molecule has 1 N–H and O–H groups in total. The number of piperazine rings is 1. The summed E-state index contributed by atoms with van der Waals surface area (Å²) >= 11 is 0. The quantitative estimate of drug-likeness (QED) is 0.549. The number of rotatable bonds is 8. The SMILES string of the molecule is CN(C)CCCN1CCN(c2cc(C(=O)O)nc3c2c(C2CCC2)nn3-c2ccccc2)CC1. The summed E-state index contributed by atoms with van der Waals surface area (Å²) in [5.74, 6) is -0.590. The van der Waals surface area contributed by atoms with E-state index in [9.17, 15) is 9.90 Å². The van der Waals surface area contributed by atoms with Crippen LogP contribution in [0.25, 0.3) is 16.7 Å². The molecule has 3 heterocycles. The van der Waals surface area contributed by atoms with Crippen LogP contribution >= 0.6 is 0 Å². The number of carboxylic acids is 1. The number of para-hydroxylation sites is 1. The molecule has 1 saturated heterocycles. The molecule has 1 saturated carbocycles. The van der Waals surface area contributed by atoms with Crippen molar-refractivity contribution >= 4 is 22.7 Å². The van der Waals surface area contributed by atoms with Gasteiger partial charge >= 0.3 is 5.97 Å². The number of aromatic carboxylic acids is 1. The van der Waals surface area contributed by atoms with E-state index in [-0.39, 0.29) is 5.69 Å². The Balaban J connectivity index is 1.52. The van der Waals surface area contributed by atoms with E-state index in [1.54, 1.807) is 6.07 Å². The van der Waals surface area contributed by atoms with Crippen molar-refractivity contribution in [1.82, 2.24) is 24.6 Å². The van der Waals surface area contributed by atoms with Crippen molar-refractivity contribution in [2.45, 2.75) is 31.6 Å². The lowest BCUT2D eigenvalue weighted by molar-refractivity contribution is 0.0691. The predicted octanol–water partition coefficient (Wildman–Crippen LogP) is 3.46. The molecule has 34 heavy (non-hydrogen) atoms. The van der Waals surface area contributed by atoms with Gasteiger partial charge in [0.05, 0.1) is 22.5 Å². The highest BCUT2D eigenvalue weighted by molar-refractivity contribution is 5.98. The second-order valence-electron chi connectivity index (χ2n) is 9.78. The maximum atomic E-state index is 12.0. The number of carbonyl (C=O) groups is 1. The van der Waals surface area contributed by atoms with Crippen molar-refractivity contribution in [1.29, 1.82) is 0 Å². The Morgan fingerprint density at radius 1 is 1.12 bits per heavy atom. The molecule has 0 amide bonds. The Labute approximate surface area is 200 Å². The fourth-order valence-corrected chi connectivity index (χ4v) is 5.02. The van der Waals surface area contributed by atoms with Crippen LogP contribution in [-0.2, 0) is 0 Å². The molecule has 0 radical (unpaired) electrons. The van der Waals surface area contributed by atoms with E-state index in [0.29, 0.717) is 11.6 Å². The second kappa shape index (κ2) is 9.72. The lowest BCUT2D eigenvalue weighted by Crippen LogP contribution is -2.47. The van der Waals surface area contributed by atoms with Gasteiger partial charge < -0.3 is 14.9 Å². The Hall–Kier alpha value is -2.97. The van der Waals surface area contributed by atoms with Gasteiger partial charge in [-0.1, -0.05) is 24.6 Å². The first-order valence-corrected chi connectivity index (χ1v) is 12.4. The summed E-state index contributed by atoms with van der Waals surface area (Å²) < 4.78 is 1.84. The van der Waals surface area contributed by atoms with Crippen LogP contribution in [-0.4, -0.2) is 89.0 Å². The third-order valence-corrected chi connectivity index (χ3v) is 7.15. The highest BCUT2D eigenvalue weighted by atomic mass is 16.4. The molecule has 3 aromatic rings. The average molecular weight is 463 g/mol. The third kappa shape index (κ3) is 4.52. The van der Waals surface area contributed by atoms with E-state index < -0.39 is 5.97 Å². The highest BCUT2D eigenvalue weighted by Crippen LogP contribution is 2.42. The Morgan fingerprint density at radius 3 is 2.47 bits per heavy atom. The van der Waals surface area contributed by atoms with E-state index in [4.69, 9.17) is 5.10 Å². The van der Waals surface area contributed by atoms with Crippen LogP contribution in [0, 0.1) is 0 Å². The average Bonchev–Trinajstić information content (AvgIpc) is 3.17. The second-order valence-corrected chi connectivity index (χ2v) is 9.78. The number of nitrogens with zero attached hydrogens (tertiary/aromatic N) is 6. The molecule has 1 aliphatic heterocycles. The molecule has 8 nitrogen and oxygen atoms in total. The van der Waals surface area contributed by atoms with Gasteiger partial charge in [0.25, 0.3) is 0 Å². The number of pyridine rings is 1. The fourth-order valence-electron chi connectivity index (χ4n) is 5.02. The Morgan fingerprint density at radius 2 is 1.85 bits per heavy atom. The summed E-state index contributed by atoms with van der Waals surface area (Å²) in [7, 11) is 4.23. The lowest BCUT2D eigenvalue weighted by Gasteiger charge is -2.37. The van der Waals surface area contributed by atoms with Crippen molar-refractivity contribution in [3.63, 3.8) is 0 Å². The molecule has 180 valence electrons. The van der Waals surface area contributed by atoms with E-state index in [0.717, 1.165) is 81.0 Å². The number of fused-ring (bicyclic) bond motifs is 1. The molecule has 2 fully saturated rings. The summed E-state index contributed by atoms with van der Waals surface area (Å²) in [6.07, 6.45) is 4.62. The van der Waals surface area contributed by atoms with E-state index >= 15 is 0 Å². The van der Waals surface area contributed by atoms with Crippen molar-refractivity contribution < 1.29 is 9.90 Å². The molecule has 0 atom stereocenters. The fraction of sp³-hybridized carbons (Fsp3) is 0.500. The normalized spacial score (nSPS) is 17.4. The van der Waals surface area contributed by atoms with E-state index in [1.807, 2.05) is 35.0 Å². The molecular weight excluding hydrogens is 428 g/mol. The molecule has 0 spiro atoms. The number of benzene rings is 1. The van der Waals surface area contributed by atoms with Crippen molar-refractivity contribution in [2.24, 2.45) is 0 Å². The summed E-state index contributed by atoms with van der Waals surface area (Å²) in [5.41, 5.74) is 3.67. The van der Waals surface area contributed by atoms with Gasteiger partial charge in [0, 0.05) is 32.1 Å². The molecular formula is C26H34N6O2. The smallest absolute Gasteiger partial charge is 0.354 e. The molecule has 1 aromatic carbocycles. The lowest BCUT2D eigenvalue weighted by atomic mass is 9.82. The number of carboxylic acid groups (broad SMARTS) is 1. The van der Waals surface area contributed by atoms with Crippen molar-refractivity contribution in [3.8, 4) is 5.69 Å². The molecule has 0 unspecified atom stereocenters.